The normalized spacial score (nSPS) is 25.3. The van der Waals surface area contributed by atoms with Crippen molar-refractivity contribution < 1.29 is 24.1 Å². The van der Waals surface area contributed by atoms with Crippen LogP contribution in [0.15, 0.2) is 36.4 Å². The highest BCUT2D eigenvalue weighted by atomic mass is 35.5. The molecular formula is C34H40ClN7O5. The number of piperazine rings is 1. The van der Waals surface area contributed by atoms with Crippen LogP contribution in [-0.2, 0) is 27.2 Å². The van der Waals surface area contributed by atoms with Crippen LogP contribution in [-0.4, -0.2) is 115 Å². The van der Waals surface area contributed by atoms with E-state index in [9.17, 15) is 15.2 Å². The number of anilines is 2. The van der Waals surface area contributed by atoms with E-state index in [1.165, 1.54) is 7.11 Å². The maximum Gasteiger partial charge on any atom is 0.337 e. The number of hydrogen-bond donors (Lipinski definition) is 1. The summed E-state index contributed by atoms with van der Waals surface area (Å²) < 4.78 is 16.6. The van der Waals surface area contributed by atoms with Crippen LogP contribution in [0.4, 0.5) is 11.5 Å². The summed E-state index contributed by atoms with van der Waals surface area (Å²) in [5.41, 5.74) is 3.05. The zero-order valence-corrected chi connectivity index (χ0v) is 27.5. The molecular weight excluding hydrogens is 622 g/mol. The van der Waals surface area contributed by atoms with Gasteiger partial charge in [-0.25, -0.2) is 4.79 Å². The van der Waals surface area contributed by atoms with Gasteiger partial charge < -0.3 is 34.0 Å². The number of rotatable bonds is 9. The van der Waals surface area contributed by atoms with Gasteiger partial charge >= 0.3 is 12.0 Å². The lowest BCUT2D eigenvalue weighted by Gasteiger charge is -2.44. The summed E-state index contributed by atoms with van der Waals surface area (Å²) in [6.07, 6.45) is 0.648. The average Bonchev–Trinajstić information content (AvgIpc) is 3.79. The van der Waals surface area contributed by atoms with Gasteiger partial charge in [0.1, 0.15) is 24.8 Å². The molecule has 2 aromatic carbocycles. The molecule has 0 amide bonds. The summed E-state index contributed by atoms with van der Waals surface area (Å²) >= 11 is 6.72. The number of halogens is 1. The van der Waals surface area contributed by atoms with Gasteiger partial charge in [0.05, 0.1) is 36.9 Å². The molecule has 0 aliphatic carbocycles. The van der Waals surface area contributed by atoms with Gasteiger partial charge in [-0.2, -0.15) is 15.2 Å². The zero-order valence-electron chi connectivity index (χ0n) is 26.7. The van der Waals surface area contributed by atoms with Crippen LogP contribution < -0.4 is 14.5 Å². The van der Waals surface area contributed by atoms with Crippen molar-refractivity contribution in [1.82, 2.24) is 19.8 Å². The molecule has 1 unspecified atom stereocenters. The number of carbonyl (C=O) groups excluding carboxylic acids is 1. The Morgan fingerprint density at radius 2 is 1.98 bits per heavy atom. The van der Waals surface area contributed by atoms with Crippen LogP contribution in [0.3, 0.4) is 0 Å². The molecule has 13 heteroatoms. The number of aliphatic hydroxyl groups is 1. The number of ether oxygens (including phenoxy) is 3. The molecule has 248 valence electrons. The summed E-state index contributed by atoms with van der Waals surface area (Å²) in [5.74, 6) is 0.306. The number of benzene rings is 2. The first-order chi connectivity index (χ1) is 22.9. The Balaban J connectivity index is 1.17. The van der Waals surface area contributed by atoms with Crippen molar-refractivity contribution in [2.24, 2.45) is 0 Å². The highest BCUT2D eigenvalue weighted by Gasteiger charge is 2.53. The third-order valence-electron chi connectivity index (χ3n) is 10.0. The number of aliphatic hydroxyl groups excluding tert-OH is 1. The summed E-state index contributed by atoms with van der Waals surface area (Å²) in [6.45, 7) is 4.39. The number of likely N-dealkylation sites (tertiary alicyclic amines) is 1. The van der Waals surface area contributed by atoms with Gasteiger partial charge in [-0.1, -0.05) is 35.9 Å². The standard InChI is InChI=1S/C34H40ClN7O5/c1-39-14-5-8-23(39)20-46-34-37-26-19-40(27-10-4-7-21-6-3-9-25(35)28(21)27)15-12-24(26)31(38-34)41-16-17-42(22(18-41)11-13-36)32(43)29-30(47-29)33(44)45-2/h3-4,6-7,9-10,22-23,29-30,32,43H,5,8,11-12,14-20H2,1-2H3/t22-,23-,29+,30-,32?/m0/s1. The van der Waals surface area contributed by atoms with E-state index in [2.05, 4.69) is 52.1 Å². The first-order valence-corrected chi connectivity index (χ1v) is 16.7. The fraction of sp³-hybridized carbons (Fsp3) is 0.529. The quantitative estimate of drug-likeness (QED) is 0.267. The lowest BCUT2D eigenvalue weighted by Crippen LogP contribution is -2.58. The Bertz CT molecular complexity index is 1680. The van der Waals surface area contributed by atoms with Gasteiger partial charge in [0.25, 0.3) is 0 Å². The minimum absolute atomic E-state index is 0.198. The number of epoxide rings is 1. The van der Waals surface area contributed by atoms with Crippen molar-refractivity contribution in [2.75, 3.05) is 63.3 Å². The van der Waals surface area contributed by atoms with E-state index < -0.39 is 24.4 Å². The maximum absolute atomic E-state index is 12.0. The number of likely N-dealkylation sites (N-methyl/N-ethyl adjacent to an activating group) is 1. The molecule has 0 spiro atoms. The number of esters is 1. The van der Waals surface area contributed by atoms with Crippen LogP contribution in [0, 0.1) is 11.3 Å². The molecule has 5 heterocycles. The lowest BCUT2D eigenvalue weighted by molar-refractivity contribution is -0.142. The molecule has 5 atom stereocenters. The highest BCUT2D eigenvalue weighted by Crippen LogP contribution is 2.38. The average molecular weight is 662 g/mol. The minimum Gasteiger partial charge on any atom is -0.467 e. The molecule has 3 saturated heterocycles. The molecule has 0 bridgehead atoms. The van der Waals surface area contributed by atoms with E-state index in [1.54, 1.807) is 0 Å². The number of nitrogens with zero attached hydrogens (tertiary/aromatic N) is 7. The van der Waals surface area contributed by atoms with Crippen molar-refractivity contribution in [1.29, 1.82) is 5.26 Å². The van der Waals surface area contributed by atoms with Crippen LogP contribution in [0.25, 0.3) is 10.8 Å². The van der Waals surface area contributed by atoms with Gasteiger partial charge in [-0.05, 0) is 50.4 Å². The molecule has 47 heavy (non-hydrogen) atoms. The second kappa shape index (κ2) is 13.4. The highest BCUT2D eigenvalue weighted by molar-refractivity contribution is 6.36. The first kappa shape index (κ1) is 31.8. The van der Waals surface area contributed by atoms with Gasteiger partial charge in [0.2, 0.25) is 0 Å². The maximum atomic E-state index is 12.0. The number of nitriles is 1. The van der Waals surface area contributed by atoms with E-state index in [-0.39, 0.29) is 12.5 Å². The molecule has 12 nitrogen and oxygen atoms in total. The Morgan fingerprint density at radius 3 is 2.74 bits per heavy atom. The van der Waals surface area contributed by atoms with Crippen LogP contribution >= 0.6 is 11.6 Å². The smallest absolute Gasteiger partial charge is 0.337 e. The van der Waals surface area contributed by atoms with E-state index in [0.717, 1.165) is 70.9 Å². The monoisotopic (exact) mass is 661 g/mol. The third-order valence-corrected chi connectivity index (χ3v) is 10.3. The zero-order chi connectivity index (χ0) is 32.7. The number of hydrogen-bond acceptors (Lipinski definition) is 12. The second-order valence-electron chi connectivity index (χ2n) is 12.8. The molecule has 4 aliphatic heterocycles. The first-order valence-electron chi connectivity index (χ1n) is 16.3. The number of aromatic nitrogens is 2. The van der Waals surface area contributed by atoms with Gasteiger partial charge in [-0.3, -0.25) is 4.90 Å². The SMILES string of the molecule is COC(=O)[C@H]1O[C@H]1C(O)N1CCN(c2nc(OC[C@@H]3CCCN3C)nc3c2CCN(c2cccc4cccc(Cl)c24)C3)C[C@@H]1CC#N. The predicted octanol–water partition coefficient (Wildman–Crippen LogP) is 2.98. The largest absolute Gasteiger partial charge is 0.467 e. The van der Waals surface area contributed by atoms with Crippen LogP contribution in [0.1, 0.15) is 30.5 Å². The van der Waals surface area contributed by atoms with Crippen molar-refractivity contribution in [3.05, 3.63) is 52.7 Å². The second-order valence-corrected chi connectivity index (χ2v) is 13.2. The molecule has 0 saturated carbocycles. The Hall–Kier alpha value is -3.73. The lowest BCUT2D eigenvalue weighted by atomic mass is 10.0. The summed E-state index contributed by atoms with van der Waals surface area (Å²) in [6, 6.07) is 14.9. The molecule has 4 aliphatic rings. The molecule has 3 aromatic rings. The summed E-state index contributed by atoms with van der Waals surface area (Å²) in [7, 11) is 3.42. The molecule has 7 rings (SSSR count). The Morgan fingerprint density at radius 1 is 1.15 bits per heavy atom. The Kier molecular flexibility index (Phi) is 9.09. The fourth-order valence-corrected chi connectivity index (χ4v) is 7.64. The third kappa shape index (κ3) is 6.30. The molecule has 1 aromatic heterocycles. The topological polar surface area (TPSA) is 131 Å². The molecule has 3 fully saturated rings. The molecule has 0 radical (unpaired) electrons. The van der Waals surface area contributed by atoms with Crippen molar-refractivity contribution in [2.45, 2.75) is 62.7 Å². The van der Waals surface area contributed by atoms with Crippen molar-refractivity contribution in [3.63, 3.8) is 0 Å². The number of fused-ring (bicyclic) bond motifs is 2. The Labute approximate surface area is 279 Å². The summed E-state index contributed by atoms with van der Waals surface area (Å²) in [5, 5.41) is 23.7. The molecule has 1 N–H and O–H groups in total. The predicted molar refractivity (Wildman–Crippen MR) is 177 cm³/mol. The van der Waals surface area contributed by atoms with Crippen LogP contribution in [0.2, 0.25) is 5.02 Å². The van der Waals surface area contributed by atoms with E-state index >= 15 is 0 Å². The number of methoxy groups -OCH3 is 1. The van der Waals surface area contributed by atoms with E-state index in [1.807, 2.05) is 17.0 Å². The number of carbonyl (C=O) groups is 1. The van der Waals surface area contributed by atoms with E-state index in [0.29, 0.717) is 44.8 Å². The van der Waals surface area contributed by atoms with Gasteiger partial charge in [-0.15, -0.1) is 0 Å². The van der Waals surface area contributed by atoms with Crippen LogP contribution in [0.5, 0.6) is 6.01 Å². The minimum atomic E-state index is -1.03. The van der Waals surface area contributed by atoms with Gasteiger partial charge in [0, 0.05) is 54.9 Å². The van der Waals surface area contributed by atoms with Gasteiger partial charge in [0.15, 0.2) is 6.10 Å². The van der Waals surface area contributed by atoms with Crippen molar-refractivity contribution in [3.8, 4) is 12.1 Å². The summed E-state index contributed by atoms with van der Waals surface area (Å²) in [4.78, 5) is 30.6. The van der Waals surface area contributed by atoms with Crippen molar-refractivity contribution >= 4 is 39.8 Å². The van der Waals surface area contributed by atoms with E-state index in [4.69, 9.17) is 35.8 Å². The fourth-order valence-electron chi connectivity index (χ4n) is 7.36.